The molecule has 31 heavy (non-hydrogen) atoms. The van der Waals surface area contributed by atoms with E-state index in [1.807, 2.05) is 56.3 Å². The normalized spacial score (nSPS) is 10.0. The third-order valence-electron chi connectivity index (χ3n) is 4.25. The van der Waals surface area contributed by atoms with Gasteiger partial charge in [0.2, 0.25) is 0 Å². The number of amides is 1. The fourth-order valence-electron chi connectivity index (χ4n) is 2.76. The van der Waals surface area contributed by atoms with Gasteiger partial charge in [0.25, 0.3) is 5.91 Å². The second-order valence-corrected chi connectivity index (χ2v) is 6.86. The molecule has 0 aliphatic carbocycles. The molecule has 2 aromatic carbocycles. The number of carbonyl (C=O) groups excluding carboxylic acids is 1. The molecule has 0 aliphatic heterocycles. The molecule has 0 saturated heterocycles. The number of hydrogen-bond donors (Lipinski definition) is 1. The minimum absolute atomic E-state index is 0.224. The highest BCUT2D eigenvalue weighted by atomic mass is 16.5. The van der Waals surface area contributed by atoms with Gasteiger partial charge in [-0.25, -0.2) is 4.98 Å². The summed E-state index contributed by atoms with van der Waals surface area (Å²) in [6, 6.07) is 18.3. The maximum atomic E-state index is 12.8. The Morgan fingerprint density at radius 2 is 1.71 bits per heavy atom. The van der Waals surface area contributed by atoms with Gasteiger partial charge in [-0.1, -0.05) is 31.9 Å². The van der Waals surface area contributed by atoms with E-state index in [0.29, 0.717) is 41.7 Å². The highest BCUT2D eigenvalue weighted by Gasteiger charge is 2.12. The van der Waals surface area contributed by atoms with Crippen LogP contribution in [0, 0.1) is 11.8 Å². The molecule has 0 bridgehead atoms. The lowest BCUT2D eigenvalue weighted by atomic mass is 10.1. The highest BCUT2D eigenvalue weighted by molar-refractivity contribution is 6.04. The molecule has 0 fully saturated rings. The summed E-state index contributed by atoms with van der Waals surface area (Å²) in [7, 11) is 0. The van der Waals surface area contributed by atoms with Crippen molar-refractivity contribution in [1.29, 1.82) is 0 Å². The van der Waals surface area contributed by atoms with Gasteiger partial charge < -0.3 is 14.8 Å². The largest absolute Gasteiger partial charge is 0.490 e. The quantitative estimate of drug-likeness (QED) is 0.508. The SMILES string of the molecule is CCCOc1ccc(C(=O)Nc2cccc(C#Cc3ccccn3)c2)cc1OCCC. The fraction of sp³-hybridized carbons (Fsp3) is 0.231. The molecule has 1 aromatic heterocycles. The zero-order valence-electron chi connectivity index (χ0n) is 17.9. The van der Waals surface area contributed by atoms with E-state index >= 15 is 0 Å². The molecule has 0 spiro atoms. The number of benzene rings is 2. The molecule has 0 aliphatic rings. The lowest BCUT2D eigenvalue weighted by molar-refractivity contribution is 0.102. The predicted octanol–water partition coefficient (Wildman–Crippen LogP) is 5.31. The smallest absolute Gasteiger partial charge is 0.255 e. The van der Waals surface area contributed by atoms with Crippen LogP contribution in [-0.2, 0) is 0 Å². The number of rotatable bonds is 8. The van der Waals surface area contributed by atoms with E-state index in [1.54, 1.807) is 24.4 Å². The Hall–Kier alpha value is -3.78. The number of ether oxygens (including phenoxy) is 2. The Morgan fingerprint density at radius 3 is 2.45 bits per heavy atom. The van der Waals surface area contributed by atoms with Crippen molar-refractivity contribution < 1.29 is 14.3 Å². The Kier molecular flexibility index (Phi) is 8.07. The van der Waals surface area contributed by atoms with Crippen LogP contribution in [0.15, 0.2) is 66.9 Å². The Labute approximate surface area is 183 Å². The van der Waals surface area contributed by atoms with Crippen molar-refractivity contribution in [3.63, 3.8) is 0 Å². The van der Waals surface area contributed by atoms with Gasteiger partial charge in [-0.15, -0.1) is 0 Å². The van der Waals surface area contributed by atoms with Crippen LogP contribution in [0.25, 0.3) is 0 Å². The Morgan fingerprint density at radius 1 is 0.903 bits per heavy atom. The Balaban J connectivity index is 1.74. The van der Waals surface area contributed by atoms with Gasteiger partial charge in [-0.3, -0.25) is 4.79 Å². The first-order valence-electron chi connectivity index (χ1n) is 10.4. The van der Waals surface area contributed by atoms with E-state index in [9.17, 15) is 4.79 Å². The molecule has 0 atom stereocenters. The molecule has 0 radical (unpaired) electrons. The summed E-state index contributed by atoms with van der Waals surface area (Å²) < 4.78 is 11.5. The lowest BCUT2D eigenvalue weighted by Crippen LogP contribution is -2.12. The van der Waals surface area contributed by atoms with Gasteiger partial charge in [0.15, 0.2) is 11.5 Å². The second kappa shape index (κ2) is 11.4. The van der Waals surface area contributed by atoms with E-state index < -0.39 is 0 Å². The van der Waals surface area contributed by atoms with Crippen molar-refractivity contribution in [3.8, 4) is 23.3 Å². The summed E-state index contributed by atoms with van der Waals surface area (Å²) in [6.07, 6.45) is 3.47. The molecule has 5 heteroatoms. The van der Waals surface area contributed by atoms with Gasteiger partial charge in [0.1, 0.15) is 5.69 Å². The number of nitrogens with one attached hydrogen (secondary N) is 1. The van der Waals surface area contributed by atoms with E-state index in [-0.39, 0.29) is 5.91 Å². The monoisotopic (exact) mass is 414 g/mol. The van der Waals surface area contributed by atoms with Crippen LogP contribution in [0.5, 0.6) is 11.5 Å². The fourth-order valence-corrected chi connectivity index (χ4v) is 2.76. The molecule has 0 saturated carbocycles. The molecule has 3 aromatic rings. The van der Waals surface area contributed by atoms with E-state index in [4.69, 9.17) is 9.47 Å². The second-order valence-electron chi connectivity index (χ2n) is 6.86. The molecule has 1 N–H and O–H groups in total. The molecule has 5 nitrogen and oxygen atoms in total. The molecule has 1 heterocycles. The van der Waals surface area contributed by atoms with Crippen molar-refractivity contribution in [2.75, 3.05) is 18.5 Å². The first-order chi connectivity index (χ1) is 15.2. The van der Waals surface area contributed by atoms with Gasteiger partial charge in [-0.2, -0.15) is 0 Å². The van der Waals surface area contributed by atoms with Gasteiger partial charge in [-0.05, 0) is 67.3 Å². The summed E-state index contributed by atoms with van der Waals surface area (Å²) in [5, 5.41) is 2.92. The minimum Gasteiger partial charge on any atom is -0.490 e. The third-order valence-corrected chi connectivity index (χ3v) is 4.25. The van der Waals surface area contributed by atoms with Crippen molar-refractivity contribution in [1.82, 2.24) is 4.98 Å². The van der Waals surface area contributed by atoms with Crippen molar-refractivity contribution in [2.45, 2.75) is 26.7 Å². The van der Waals surface area contributed by atoms with Crippen LogP contribution in [-0.4, -0.2) is 24.1 Å². The van der Waals surface area contributed by atoms with E-state index in [0.717, 1.165) is 18.4 Å². The molecule has 158 valence electrons. The van der Waals surface area contributed by atoms with Crippen LogP contribution >= 0.6 is 0 Å². The summed E-state index contributed by atoms with van der Waals surface area (Å²) >= 11 is 0. The van der Waals surface area contributed by atoms with Crippen LogP contribution in [0.2, 0.25) is 0 Å². The van der Waals surface area contributed by atoms with Crippen molar-refractivity contribution in [2.24, 2.45) is 0 Å². The lowest BCUT2D eigenvalue weighted by Gasteiger charge is -2.13. The van der Waals surface area contributed by atoms with E-state index in [2.05, 4.69) is 22.1 Å². The summed E-state index contributed by atoms with van der Waals surface area (Å²) in [6.45, 7) is 5.24. The zero-order valence-corrected chi connectivity index (χ0v) is 17.9. The van der Waals surface area contributed by atoms with Crippen molar-refractivity contribution in [3.05, 3.63) is 83.7 Å². The number of nitrogens with zero attached hydrogens (tertiary/aromatic N) is 1. The average Bonchev–Trinajstić information content (AvgIpc) is 2.81. The maximum absolute atomic E-state index is 12.8. The topological polar surface area (TPSA) is 60.5 Å². The third kappa shape index (κ3) is 6.61. The number of anilines is 1. The van der Waals surface area contributed by atoms with Gasteiger partial charge in [0.05, 0.1) is 13.2 Å². The number of hydrogen-bond acceptors (Lipinski definition) is 4. The number of carbonyl (C=O) groups is 1. The van der Waals surface area contributed by atoms with Crippen LogP contribution in [0.1, 0.15) is 48.3 Å². The average molecular weight is 415 g/mol. The number of aromatic nitrogens is 1. The minimum atomic E-state index is -0.224. The summed E-state index contributed by atoms with van der Waals surface area (Å²) in [4.78, 5) is 17.0. The Bertz CT molecular complexity index is 1070. The number of pyridine rings is 1. The first-order valence-corrected chi connectivity index (χ1v) is 10.4. The van der Waals surface area contributed by atoms with Crippen LogP contribution in [0.4, 0.5) is 5.69 Å². The van der Waals surface area contributed by atoms with Gasteiger partial charge in [0, 0.05) is 23.0 Å². The standard InChI is InChI=1S/C26H26N2O3/c1-3-16-30-24-14-12-21(19-25(24)31-17-4-2)26(29)28-23-10-7-8-20(18-23)11-13-22-9-5-6-15-27-22/h5-10,12,14-15,18-19H,3-4,16-17H2,1-2H3,(H,28,29). The molecular weight excluding hydrogens is 388 g/mol. The summed E-state index contributed by atoms with van der Waals surface area (Å²) in [5.74, 6) is 7.10. The first kappa shape index (κ1) is 21.9. The van der Waals surface area contributed by atoms with Gasteiger partial charge >= 0.3 is 0 Å². The highest BCUT2D eigenvalue weighted by Crippen LogP contribution is 2.29. The van der Waals surface area contributed by atoms with Crippen molar-refractivity contribution >= 4 is 11.6 Å². The molecule has 3 rings (SSSR count). The predicted molar refractivity (Wildman–Crippen MR) is 123 cm³/mol. The summed E-state index contributed by atoms with van der Waals surface area (Å²) in [5.41, 5.74) is 2.65. The zero-order chi connectivity index (χ0) is 21.9. The maximum Gasteiger partial charge on any atom is 0.255 e. The molecule has 1 amide bonds. The molecular formula is C26H26N2O3. The van der Waals surface area contributed by atoms with Crippen LogP contribution in [0.3, 0.4) is 0 Å². The van der Waals surface area contributed by atoms with Crippen LogP contribution < -0.4 is 14.8 Å². The van der Waals surface area contributed by atoms with E-state index in [1.165, 1.54) is 0 Å². The molecule has 0 unspecified atom stereocenters.